The predicted octanol–water partition coefficient (Wildman–Crippen LogP) is 2.11. The predicted molar refractivity (Wildman–Crippen MR) is 76.4 cm³/mol. The van der Waals surface area contributed by atoms with Crippen molar-refractivity contribution < 1.29 is 9.90 Å². The van der Waals surface area contributed by atoms with Gasteiger partial charge in [-0.3, -0.25) is 10.1 Å². The molecule has 1 atom stereocenters. The molecular formula is C13H21N3O2S. The smallest absolute Gasteiger partial charge is 0.323 e. The second-order valence-electron chi connectivity index (χ2n) is 5.02. The molecule has 0 fully saturated rings. The van der Waals surface area contributed by atoms with Crippen molar-refractivity contribution in [3.63, 3.8) is 0 Å². The number of aromatic nitrogens is 2. The third kappa shape index (κ3) is 5.16. The highest BCUT2D eigenvalue weighted by Crippen LogP contribution is 2.19. The standard InChI is InChI=1S/C13H21N3O2S/c1-9(2)16-13(4,11(17)18)6-8-19-12-14-7-5-10(3)15-12/h5,7,9,16H,6,8H2,1-4H3,(H,17,18). The maximum absolute atomic E-state index is 11.4. The Bertz CT molecular complexity index is 440. The summed E-state index contributed by atoms with van der Waals surface area (Å²) in [5.41, 5.74) is 0.00384. The number of carboxylic acid groups (broad SMARTS) is 1. The number of hydrogen-bond donors (Lipinski definition) is 2. The first-order valence-corrected chi connectivity index (χ1v) is 7.25. The molecule has 5 nitrogen and oxygen atoms in total. The minimum atomic E-state index is -0.912. The van der Waals surface area contributed by atoms with Gasteiger partial charge in [-0.1, -0.05) is 11.8 Å². The Morgan fingerprint density at radius 1 is 1.58 bits per heavy atom. The summed E-state index contributed by atoms with van der Waals surface area (Å²) in [6.45, 7) is 7.51. The van der Waals surface area contributed by atoms with Gasteiger partial charge in [0, 0.05) is 23.7 Å². The molecule has 0 radical (unpaired) electrons. The molecule has 1 aromatic heterocycles. The molecule has 19 heavy (non-hydrogen) atoms. The number of aliphatic carboxylic acids is 1. The summed E-state index contributed by atoms with van der Waals surface area (Å²) in [6.07, 6.45) is 2.23. The zero-order valence-corrected chi connectivity index (χ0v) is 12.6. The van der Waals surface area contributed by atoms with Crippen LogP contribution in [0.25, 0.3) is 0 Å². The van der Waals surface area contributed by atoms with Crippen LogP contribution >= 0.6 is 11.8 Å². The molecule has 1 unspecified atom stereocenters. The summed E-state index contributed by atoms with van der Waals surface area (Å²) in [7, 11) is 0. The fourth-order valence-corrected chi connectivity index (χ4v) is 2.76. The van der Waals surface area contributed by atoms with Gasteiger partial charge in [-0.15, -0.1) is 0 Å². The van der Waals surface area contributed by atoms with Crippen LogP contribution in [0.3, 0.4) is 0 Å². The van der Waals surface area contributed by atoms with Crippen LogP contribution in [-0.4, -0.2) is 38.4 Å². The van der Waals surface area contributed by atoms with E-state index in [2.05, 4.69) is 15.3 Å². The molecule has 1 rings (SSSR count). The zero-order chi connectivity index (χ0) is 14.5. The molecule has 1 heterocycles. The van der Waals surface area contributed by atoms with Gasteiger partial charge in [0.2, 0.25) is 0 Å². The number of thioether (sulfide) groups is 1. The average Bonchev–Trinajstić information content (AvgIpc) is 2.27. The molecule has 0 aliphatic heterocycles. The maximum Gasteiger partial charge on any atom is 0.323 e. The summed E-state index contributed by atoms with van der Waals surface area (Å²) in [4.78, 5) is 19.8. The van der Waals surface area contributed by atoms with E-state index in [0.29, 0.717) is 17.3 Å². The van der Waals surface area contributed by atoms with Crippen LogP contribution in [0.5, 0.6) is 0 Å². The summed E-state index contributed by atoms with van der Waals surface area (Å²) in [5.74, 6) is -0.168. The summed E-state index contributed by atoms with van der Waals surface area (Å²) in [5, 5.41) is 13.1. The Hall–Kier alpha value is -1.14. The van der Waals surface area contributed by atoms with Crippen molar-refractivity contribution in [3.05, 3.63) is 18.0 Å². The van der Waals surface area contributed by atoms with E-state index in [9.17, 15) is 9.90 Å². The molecule has 0 saturated carbocycles. The van der Waals surface area contributed by atoms with E-state index in [4.69, 9.17) is 0 Å². The molecule has 0 bridgehead atoms. The monoisotopic (exact) mass is 283 g/mol. The quantitative estimate of drug-likeness (QED) is 0.589. The van der Waals surface area contributed by atoms with Crippen molar-refractivity contribution in [2.75, 3.05) is 5.75 Å². The molecule has 0 saturated heterocycles. The van der Waals surface area contributed by atoms with Crippen molar-refractivity contribution in [2.24, 2.45) is 0 Å². The highest BCUT2D eigenvalue weighted by molar-refractivity contribution is 7.99. The lowest BCUT2D eigenvalue weighted by Gasteiger charge is -2.28. The summed E-state index contributed by atoms with van der Waals surface area (Å²) >= 11 is 1.48. The number of aryl methyl sites for hydroxylation is 1. The van der Waals surface area contributed by atoms with Gasteiger partial charge in [-0.2, -0.15) is 0 Å². The highest BCUT2D eigenvalue weighted by Gasteiger charge is 2.32. The molecule has 2 N–H and O–H groups in total. The lowest BCUT2D eigenvalue weighted by Crippen LogP contribution is -2.52. The van der Waals surface area contributed by atoms with Crippen LogP contribution in [-0.2, 0) is 4.79 Å². The molecule has 6 heteroatoms. The third-order valence-corrected chi connectivity index (χ3v) is 3.55. The van der Waals surface area contributed by atoms with Crippen LogP contribution in [0.1, 0.15) is 32.9 Å². The molecular weight excluding hydrogens is 262 g/mol. The van der Waals surface area contributed by atoms with Gasteiger partial charge in [0.05, 0.1) is 0 Å². The summed E-state index contributed by atoms with van der Waals surface area (Å²) in [6, 6.07) is 1.97. The topological polar surface area (TPSA) is 75.1 Å². The van der Waals surface area contributed by atoms with Gasteiger partial charge < -0.3 is 5.11 Å². The molecule has 0 spiro atoms. The average molecular weight is 283 g/mol. The van der Waals surface area contributed by atoms with Crippen LogP contribution in [0, 0.1) is 6.92 Å². The van der Waals surface area contributed by atoms with Crippen molar-refractivity contribution >= 4 is 17.7 Å². The Morgan fingerprint density at radius 2 is 2.26 bits per heavy atom. The Balaban J connectivity index is 2.56. The first-order chi connectivity index (χ1) is 8.83. The first kappa shape index (κ1) is 15.9. The van der Waals surface area contributed by atoms with Crippen LogP contribution in [0.2, 0.25) is 0 Å². The van der Waals surface area contributed by atoms with Crippen molar-refractivity contribution in [2.45, 2.75) is 50.9 Å². The number of nitrogens with zero attached hydrogens (tertiary/aromatic N) is 2. The molecule has 0 aliphatic carbocycles. The minimum Gasteiger partial charge on any atom is -0.480 e. The van der Waals surface area contributed by atoms with E-state index in [1.54, 1.807) is 13.1 Å². The normalized spacial score (nSPS) is 14.4. The van der Waals surface area contributed by atoms with Gasteiger partial charge in [0.25, 0.3) is 0 Å². The van der Waals surface area contributed by atoms with Gasteiger partial charge in [-0.25, -0.2) is 9.97 Å². The number of hydrogen-bond acceptors (Lipinski definition) is 5. The largest absolute Gasteiger partial charge is 0.480 e. The second kappa shape index (κ2) is 6.86. The van der Waals surface area contributed by atoms with E-state index in [1.165, 1.54) is 11.8 Å². The molecule has 0 aliphatic rings. The number of carboxylic acids is 1. The van der Waals surface area contributed by atoms with Gasteiger partial charge >= 0.3 is 5.97 Å². The van der Waals surface area contributed by atoms with Crippen molar-refractivity contribution in [3.8, 4) is 0 Å². The molecule has 106 valence electrons. The Kier molecular flexibility index (Phi) is 5.75. The fraction of sp³-hybridized carbons (Fsp3) is 0.615. The van der Waals surface area contributed by atoms with E-state index in [1.807, 2.05) is 26.8 Å². The van der Waals surface area contributed by atoms with Gasteiger partial charge in [0.1, 0.15) is 5.54 Å². The lowest BCUT2D eigenvalue weighted by atomic mass is 9.98. The second-order valence-corrected chi connectivity index (χ2v) is 6.08. The number of carbonyl (C=O) groups is 1. The lowest BCUT2D eigenvalue weighted by molar-refractivity contribution is -0.144. The zero-order valence-electron chi connectivity index (χ0n) is 11.8. The first-order valence-electron chi connectivity index (χ1n) is 6.27. The Labute approximate surface area is 118 Å². The van der Waals surface area contributed by atoms with E-state index in [-0.39, 0.29) is 6.04 Å². The number of rotatable bonds is 7. The van der Waals surface area contributed by atoms with Gasteiger partial charge in [-0.05, 0) is 40.2 Å². The van der Waals surface area contributed by atoms with Crippen LogP contribution in [0.4, 0.5) is 0 Å². The summed E-state index contributed by atoms with van der Waals surface area (Å²) < 4.78 is 0. The van der Waals surface area contributed by atoms with E-state index in [0.717, 1.165) is 5.69 Å². The SMILES string of the molecule is Cc1ccnc(SCCC(C)(NC(C)C)C(=O)O)n1. The number of nitrogens with one attached hydrogen (secondary N) is 1. The Morgan fingerprint density at radius 3 is 2.79 bits per heavy atom. The van der Waals surface area contributed by atoms with Crippen molar-refractivity contribution in [1.82, 2.24) is 15.3 Å². The molecule has 1 aromatic rings. The highest BCUT2D eigenvalue weighted by atomic mass is 32.2. The van der Waals surface area contributed by atoms with Crippen molar-refractivity contribution in [1.29, 1.82) is 0 Å². The molecule has 0 amide bonds. The van der Waals surface area contributed by atoms with Crippen LogP contribution in [0.15, 0.2) is 17.4 Å². The van der Waals surface area contributed by atoms with Crippen LogP contribution < -0.4 is 5.32 Å². The van der Waals surface area contributed by atoms with E-state index >= 15 is 0 Å². The van der Waals surface area contributed by atoms with E-state index < -0.39 is 11.5 Å². The minimum absolute atomic E-state index is 0.126. The van der Waals surface area contributed by atoms with Gasteiger partial charge in [0.15, 0.2) is 5.16 Å². The fourth-order valence-electron chi connectivity index (χ4n) is 1.72. The third-order valence-electron chi connectivity index (χ3n) is 2.69. The maximum atomic E-state index is 11.4. The molecule has 0 aromatic carbocycles.